The normalized spacial score (nSPS) is 11.7. The molecule has 4 aromatic rings. The topological polar surface area (TPSA) is 66.6 Å². The first-order chi connectivity index (χ1) is 17.1. The predicted molar refractivity (Wildman–Crippen MR) is 142 cm³/mol. The SMILES string of the molecule is C=CCN=c1scc(-c2ccc3cc(OC)ccc3c2)n1N=Cc1ccc(OC)c(OC)c1OC. The number of hydrogen-bond acceptors (Lipinski definition) is 7. The summed E-state index contributed by atoms with van der Waals surface area (Å²) in [5.74, 6) is 2.46. The molecule has 8 heteroatoms. The van der Waals surface area contributed by atoms with Crippen LogP contribution < -0.4 is 23.7 Å². The van der Waals surface area contributed by atoms with Crippen LogP contribution in [0.4, 0.5) is 0 Å². The van der Waals surface area contributed by atoms with Crippen LogP contribution in [0, 0.1) is 0 Å². The van der Waals surface area contributed by atoms with E-state index in [1.165, 1.54) is 11.3 Å². The fourth-order valence-electron chi connectivity index (χ4n) is 3.72. The molecule has 1 heterocycles. The molecule has 0 radical (unpaired) electrons. The van der Waals surface area contributed by atoms with Crippen LogP contribution in [0.25, 0.3) is 22.0 Å². The molecular weight excluding hydrogens is 462 g/mol. The van der Waals surface area contributed by atoms with Crippen LogP contribution in [0.15, 0.2) is 76.7 Å². The van der Waals surface area contributed by atoms with Gasteiger partial charge in [-0.2, -0.15) is 5.10 Å². The monoisotopic (exact) mass is 489 g/mol. The minimum absolute atomic E-state index is 0.493. The number of hydrogen-bond donors (Lipinski definition) is 0. The summed E-state index contributed by atoms with van der Waals surface area (Å²) in [6.45, 7) is 4.27. The molecule has 1 aromatic heterocycles. The largest absolute Gasteiger partial charge is 0.497 e. The second-order valence-corrected chi connectivity index (χ2v) is 8.28. The predicted octanol–water partition coefficient (Wildman–Crippen LogP) is 5.37. The highest BCUT2D eigenvalue weighted by atomic mass is 32.1. The van der Waals surface area contributed by atoms with E-state index in [0.717, 1.165) is 38.1 Å². The van der Waals surface area contributed by atoms with Crippen LogP contribution in [-0.4, -0.2) is 45.9 Å². The zero-order valence-electron chi connectivity index (χ0n) is 20.1. The van der Waals surface area contributed by atoms with E-state index >= 15 is 0 Å². The Morgan fingerprint density at radius 3 is 2.37 bits per heavy atom. The number of benzene rings is 3. The van der Waals surface area contributed by atoms with E-state index in [0.29, 0.717) is 23.8 Å². The Hall–Kier alpha value is -4.04. The maximum atomic E-state index is 5.61. The van der Waals surface area contributed by atoms with Crippen LogP contribution in [0.1, 0.15) is 5.56 Å². The zero-order chi connectivity index (χ0) is 24.8. The highest BCUT2D eigenvalue weighted by Gasteiger charge is 2.15. The third-order valence-electron chi connectivity index (χ3n) is 5.43. The minimum Gasteiger partial charge on any atom is -0.497 e. The number of thiazole rings is 1. The molecule has 0 aliphatic heterocycles. The molecule has 0 saturated heterocycles. The van der Waals surface area contributed by atoms with Crippen molar-refractivity contribution in [3.05, 3.63) is 76.9 Å². The van der Waals surface area contributed by atoms with Crippen molar-refractivity contribution in [2.75, 3.05) is 35.0 Å². The van der Waals surface area contributed by atoms with Gasteiger partial charge >= 0.3 is 0 Å². The average Bonchev–Trinajstić information content (AvgIpc) is 3.31. The summed E-state index contributed by atoms with van der Waals surface area (Å²) in [4.78, 5) is 5.38. The lowest BCUT2D eigenvalue weighted by molar-refractivity contribution is 0.324. The maximum Gasteiger partial charge on any atom is 0.206 e. The molecule has 0 spiro atoms. The van der Waals surface area contributed by atoms with Crippen LogP contribution in [-0.2, 0) is 0 Å². The first-order valence-electron chi connectivity index (χ1n) is 10.9. The lowest BCUT2D eigenvalue weighted by atomic mass is 10.1. The molecule has 0 atom stereocenters. The molecule has 0 fully saturated rings. The van der Waals surface area contributed by atoms with Crippen molar-refractivity contribution >= 4 is 28.3 Å². The number of methoxy groups -OCH3 is 4. The Morgan fingerprint density at radius 2 is 1.66 bits per heavy atom. The van der Waals surface area contributed by atoms with Crippen LogP contribution in [0.5, 0.6) is 23.0 Å². The fraction of sp³-hybridized carbons (Fsp3) is 0.185. The van der Waals surface area contributed by atoms with Crippen LogP contribution in [0.2, 0.25) is 0 Å². The van der Waals surface area contributed by atoms with Crippen molar-refractivity contribution < 1.29 is 18.9 Å². The Bertz CT molecular complexity index is 1450. The molecule has 35 heavy (non-hydrogen) atoms. The Balaban J connectivity index is 1.82. The first-order valence-corrected chi connectivity index (χ1v) is 11.7. The second-order valence-electron chi connectivity index (χ2n) is 7.44. The molecular formula is C27H27N3O4S. The van der Waals surface area contributed by atoms with Gasteiger partial charge in [-0.15, -0.1) is 17.9 Å². The molecule has 0 bridgehead atoms. The van der Waals surface area contributed by atoms with E-state index in [-0.39, 0.29) is 0 Å². The highest BCUT2D eigenvalue weighted by molar-refractivity contribution is 7.07. The minimum atomic E-state index is 0.493. The summed E-state index contributed by atoms with van der Waals surface area (Å²) in [7, 11) is 6.43. The smallest absolute Gasteiger partial charge is 0.206 e. The summed E-state index contributed by atoms with van der Waals surface area (Å²) in [6.07, 6.45) is 3.49. The Labute approximate surface area is 208 Å². The third-order valence-corrected chi connectivity index (χ3v) is 6.29. The van der Waals surface area contributed by atoms with E-state index < -0.39 is 0 Å². The quantitative estimate of drug-likeness (QED) is 0.234. The molecule has 0 N–H and O–H groups in total. The van der Waals surface area contributed by atoms with Crippen molar-refractivity contribution in [3.63, 3.8) is 0 Å². The van der Waals surface area contributed by atoms with Gasteiger partial charge in [0.2, 0.25) is 10.6 Å². The Morgan fingerprint density at radius 1 is 0.886 bits per heavy atom. The van der Waals surface area contributed by atoms with Crippen molar-refractivity contribution in [3.8, 4) is 34.3 Å². The van der Waals surface area contributed by atoms with E-state index in [1.54, 1.807) is 40.7 Å². The summed E-state index contributed by atoms with van der Waals surface area (Å²) in [5, 5.41) is 9.05. The summed E-state index contributed by atoms with van der Waals surface area (Å²) < 4.78 is 23.7. The van der Waals surface area contributed by atoms with Gasteiger partial charge in [-0.25, -0.2) is 4.68 Å². The molecule has 0 aliphatic carbocycles. The third kappa shape index (κ3) is 4.93. The molecule has 7 nitrogen and oxygen atoms in total. The average molecular weight is 490 g/mol. The summed E-state index contributed by atoms with van der Waals surface area (Å²) in [5.41, 5.74) is 2.69. The Kier molecular flexibility index (Phi) is 7.52. The van der Waals surface area contributed by atoms with Gasteiger partial charge in [-0.3, -0.25) is 4.99 Å². The van der Waals surface area contributed by atoms with Crippen molar-refractivity contribution in [1.29, 1.82) is 0 Å². The lowest BCUT2D eigenvalue weighted by Crippen LogP contribution is -2.12. The van der Waals surface area contributed by atoms with Gasteiger partial charge in [-0.1, -0.05) is 24.3 Å². The lowest BCUT2D eigenvalue weighted by Gasteiger charge is -2.13. The summed E-state index contributed by atoms with van der Waals surface area (Å²) >= 11 is 1.52. The van der Waals surface area contributed by atoms with E-state index in [1.807, 2.05) is 28.9 Å². The number of nitrogens with zero attached hydrogens (tertiary/aromatic N) is 3. The van der Waals surface area contributed by atoms with Gasteiger partial charge < -0.3 is 18.9 Å². The fourth-order valence-corrected chi connectivity index (χ4v) is 4.56. The second kappa shape index (κ2) is 10.9. The summed E-state index contributed by atoms with van der Waals surface area (Å²) in [6, 6.07) is 16.0. The van der Waals surface area contributed by atoms with Gasteiger partial charge in [0, 0.05) is 16.5 Å². The zero-order valence-corrected chi connectivity index (χ0v) is 21.0. The van der Waals surface area contributed by atoms with Crippen LogP contribution >= 0.6 is 11.3 Å². The standard InChI is InChI=1S/C27H27N3O4S/c1-6-13-28-27-30(29-16-21-10-12-24(32-3)26(34-5)25(21)33-4)23(17-35-27)20-8-7-19-15-22(31-2)11-9-18(19)14-20/h6-12,14-17H,1,13H2,2-5H3. The van der Waals surface area contributed by atoms with Crippen LogP contribution in [0.3, 0.4) is 0 Å². The molecule has 4 rings (SSSR count). The van der Waals surface area contributed by atoms with Crippen molar-refractivity contribution in [2.24, 2.45) is 10.1 Å². The highest BCUT2D eigenvalue weighted by Crippen LogP contribution is 2.39. The van der Waals surface area contributed by atoms with Gasteiger partial charge in [0.15, 0.2) is 11.5 Å². The molecule has 0 aliphatic rings. The van der Waals surface area contributed by atoms with E-state index in [9.17, 15) is 0 Å². The van der Waals surface area contributed by atoms with Crippen molar-refractivity contribution in [1.82, 2.24) is 4.68 Å². The first kappa shape index (κ1) is 24.1. The number of ether oxygens (including phenoxy) is 4. The molecule has 180 valence electrons. The number of rotatable bonds is 9. The van der Waals surface area contributed by atoms with Crippen molar-refractivity contribution in [2.45, 2.75) is 0 Å². The van der Waals surface area contributed by atoms with Gasteiger partial charge in [0.05, 0.1) is 46.9 Å². The van der Waals surface area contributed by atoms with E-state index in [2.05, 4.69) is 41.2 Å². The van der Waals surface area contributed by atoms with E-state index in [4.69, 9.17) is 24.0 Å². The van der Waals surface area contributed by atoms with Gasteiger partial charge in [0.1, 0.15) is 5.75 Å². The molecule has 0 saturated carbocycles. The number of aromatic nitrogens is 1. The maximum absolute atomic E-state index is 5.61. The number of fused-ring (bicyclic) bond motifs is 1. The van der Waals surface area contributed by atoms with Gasteiger partial charge in [0.25, 0.3) is 0 Å². The van der Waals surface area contributed by atoms with Gasteiger partial charge in [-0.05, 0) is 41.1 Å². The molecule has 0 amide bonds. The molecule has 3 aromatic carbocycles. The molecule has 0 unspecified atom stereocenters.